The Kier molecular flexibility index (Phi) is 2.44. The van der Waals surface area contributed by atoms with E-state index < -0.39 is 0 Å². The maximum absolute atomic E-state index is 6.00. The van der Waals surface area contributed by atoms with Gasteiger partial charge in [-0.25, -0.2) is 0 Å². The normalized spacial score (nSPS) is 26.9. The van der Waals surface area contributed by atoms with E-state index in [0.717, 1.165) is 18.5 Å². The molecule has 94 valence electrons. The smallest absolute Gasteiger partial charge is 0.147 e. The van der Waals surface area contributed by atoms with Crippen molar-refractivity contribution in [2.45, 2.75) is 32.1 Å². The SMILES string of the molecule is CC1Cc2ccccc2C(C)(c2nocc2N)C1. The van der Waals surface area contributed by atoms with Crippen LogP contribution in [0.15, 0.2) is 35.1 Å². The molecule has 18 heavy (non-hydrogen) atoms. The van der Waals surface area contributed by atoms with Gasteiger partial charge >= 0.3 is 0 Å². The molecule has 0 bridgehead atoms. The maximum Gasteiger partial charge on any atom is 0.147 e. The van der Waals surface area contributed by atoms with E-state index in [-0.39, 0.29) is 5.41 Å². The zero-order valence-electron chi connectivity index (χ0n) is 10.8. The molecular formula is C15H18N2O. The molecule has 0 radical (unpaired) electrons. The first kappa shape index (κ1) is 11.3. The van der Waals surface area contributed by atoms with Gasteiger partial charge < -0.3 is 10.3 Å². The van der Waals surface area contributed by atoms with Crippen molar-refractivity contribution in [2.75, 3.05) is 5.73 Å². The van der Waals surface area contributed by atoms with Crippen LogP contribution in [0.2, 0.25) is 0 Å². The van der Waals surface area contributed by atoms with Crippen molar-refractivity contribution in [1.29, 1.82) is 0 Å². The van der Waals surface area contributed by atoms with Gasteiger partial charge in [-0.15, -0.1) is 0 Å². The van der Waals surface area contributed by atoms with Gasteiger partial charge in [0.15, 0.2) is 0 Å². The largest absolute Gasteiger partial charge is 0.395 e. The molecule has 0 saturated carbocycles. The van der Waals surface area contributed by atoms with Gasteiger partial charge in [0.05, 0.1) is 5.69 Å². The third kappa shape index (κ3) is 1.54. The summed E-state index contributed by atoms with van der Waals surface area (Å²) in [6, 6.07) is 8.58. The van der Waals surface area contributed by atoms with E-state index in [1.807, 2.05) is 0 Å². The van der Waals surface area contributed by atoms with Gasteiger partial charge in [-0.05, 0) is 36.8 Å². The highest BCUT2D eigenvalue weighted by atomic mass is 16.5. The number of aromatic nitrogens is 1. The van der Waals surface area contributed by atoms with Crippen LogP contribution in [-0.4, -0.2) is 5.16 Å². The van der Waals surface area contributed by atoms with Crippen LogP contribution in [0.5, 0.6) is 0 Å². The summed E-state index contributed by atoms with van der Waals surface area (Å²) in [5.41, 5.74) is 10.1. The van der Waals surface area contributed by atoms with Gasteiger partial charge in [-0.1, -0.05) is 36.3 Å². The Morgan fingerprint density at radius 1 is 1.39 bits per heavy atom. The summed E-state index contributed by atoms with van der Waals surface area (Å²) in [6.07, 6.45) is 3.72. The summed E-state index contributed by atoms with van der Waals surface area (Å²) >= 11 is 0. The highest BCUT2D eigenvalue weighted by molar-refractivity contribution is 5.52. The summed E-state index contributed by atoms with van der Waals surface area (Å²) in [5.74, 6) is 0.626. The monoisotopic (exact) mass is 242 g/mol. The second-order valence-electron chi connectivity index (χ2n) is 5.62. The average Bonchev–Trinajstić information content (AvgIpc) is 2.76. The van der Waals surface area contributed by atoms with Crippen LogP contribution in [0.25, 0.3) is 0 Å². The molecule has 1 aromatic carbocycles. The Morgan fingerprint density at radius 3 is 2.89 bits per heavy atom. The molecule has 2 atom stereocenters. The molecule has 2 unspecified atom stereocenters. The van der Waals surface area contributed by atoms with E-state index in [1.165, 1.54) is 17.4 Å². The van der Waals surface area contributed by atoms with E-state index >= 15 is 0 Å². The Hall–Kier alpha value is -1.77. The molecule has 0 fully saturated rings. The van der Waals surface area contributed by atoms with Crippen LogP contribution in [0.4, 0.5) is 5.69 Å². The molecule has 2 N–H and O–H groups in total. The minimum atomic E-state index is -0.134. The fraction of sp³-hybridized carbons (Fsp3) is 0.400. The van der Waals surface area contributed by atoms with E-state index in [2.05, 4.69) is 43.3 Å². The minimum Gasteiger partial charge on any atom is -0.395 e. The third-order valence-electron chi connectivity index (χ3n) is 4.06. The van der Waals surface area contributed by atoms with Gasteiger partial charge in [-0.3, -0.25) is 0 Å². The van der Waals surface area contributed by atoms with Gasteiger partial charge in [0.2, 0.25) is 0 Å². The molecule has 0 aliphatic heterocycles. The van der Waals surface area contributed by atoms with E-state index in [1.54, 1.807) is 0 Å². The van der Waals surface area contributed by atoms with Gasteiger partial charge in [0.25, 0.3) is 0 Å². The second-order valence-corrected chi connectivity index (χ2v) is 5.62. The fourth-order valence-electron chi connectivity index (χ4n) is 3.38. The van der Waals surface area contributed by atoms with Crippen LogP contribution in [-0.2, 0) is 11.8 Å². The third-order valence-corrected chi connectivity index (χ3v) is 4.06. The van der Waals surface area contributed by atoms with Crippen molar-refractivity contribution in [2.24, 2.45) is 5.92 Å². The molecule has 1 aliphatic rings. The zero-order valence-corrected chi connectivity index (χ0v) is 10.8. The molecule has 0 spiro atoms. The lowest BCUT2D eigenvalue weighted by Gasteiger charge is -2.37. The summed E-state index contributed by atoms with van der Waals surface area (Å²) in [7, 11) is 0. The standard InChI is InChI=1S/C15H18N2O/c1-10-7-11-5-3-4-6-12(11)15(2,8-10)14-13(16)9-18-17-14/h3-6,9-10H,7-8,16H2,1-2H3. The van der Waals surface area contributed by atoms with E-state index in [4.69, 9.17) is 10.3 Å². The molecular weight excluding hydrogens is 224 g/mol. The van der Waals surface area contributed by atoms with Gasteiger partial charge in [0, 0.05) is 5.41 Å². The quantitative estimate of drug-likeness (QED) is 0.835. The molecule has 0 saturated heterocycles. The first-order valence-corrected chi connectivity index (χ1v) is 6.40. The Bertz CT molecular complexity index is 575. The number of benzene rings is 1. The number of nitrogens with zero attached hydrogens (tertiary/aromatic N) is 1. The first-order chi connectivity index (χ1) is 8.61. The Labute approximate surface area is 107 Å². The zero-order chi connectivity index (χ0) is 12.8. The Balaban J connectivity index is 2.20. The molecule has 3 rings (SSSR count). The summed E-state index contributed by atoms with van der Waals surface area (Å²) in [4.78, 5) is 0. The summed E-state index contributed by atoms with van der Waals surface area (Å²) in [5, 5.41) is 4.14. The summed E-state index contributed by atoms with van der Waals surface area (Å²) < 4.78 is 5.04. The first-order valence-electron chi connectivity index (χ1n) is 6.40. The average molecular weight is 242 g/mol. The van der Waals surface area contributed by atoms with Crippen molar-refractivity contribution in [3.63, 3.8) is 0 Å². The van der Waals surface area contributed by atoms with Crippen molar-refractivity contribution in [3.8, 4) is 0 Å². The highest BCUT2D eigenvalue weighted by Crippen LogP contribution is 2.45. The highest BCUT2D eigenvalue weighted by Gasteiger charge is 2.39. The molecule has 1 aliphatic carbocycles. The topological polar surface area (TPSA) is 52.0 Å². The predicted molar refractivity (Wildman–Crippen MR) is 71.3 cm³/mol. The predicted octanol–water partition coefficient (Wildman–Crippen LogP) is 3.15. The number of rotatable bonds is 1. The number of hydrogen-bond donors (Lipinski definition) is 1. The molecule has 1 aromatic heterocycles. The molecule has 2 aromatic rings. The molecule has 1 heterocycles. The van der Waals surface area contributed by atoms with E-state index in [9.17, 15) is 0 Å². The van der Waals surface area contributed by atoms with Crippen LogP contribution in [0.1, 0.15) is 37.1 Å². The second kappa shape index (κ2) is 3.87. The minimum absolute atomic E-state index is 0.134. The lowest BCUT2D eigenvalue weighted by atomic mass is 9.66. The van der Waals surface area contributed by atoms with Crippen molar-refractivity contribution >= 4 is 5.69 Å². The number of fused-ring (bicyclic) bond motifs is 1. The fourth-order valence-corrected chi connectivity index (χ4v) is 3.38. The number of nitrogen functional groups attached to an aromatic ring is 1. The number of nitrogens with two attached hydrogens (primary N) is 1. The lowest BCUT2D eigenvalue weighted by molar-refractivity contribution is 0.338. The lowest BCUT2D eigenvalue weighted by Crippen LogP contribution is -2.33. The van der Waals surface area contributed by atoms with Gasteiger partial charge in [-0.2, -0.15) is 0 Å². The van der Waals surface area contributed by atoms with Crippen LogP contribution < -0.4 is 5.73 Å². The number of anilines is 1. The van der Waals surface area contributed by atoms with Gasteiger partial charge in [0.1, 0.15) is 12.0 Å². The van der Waals surface area contributed by atoms with Crippen molar-refractivity contribution in [3.05, 3.63) is 47.3 Å². The molecule has 3 nitrogen and oxygen atoms in total. The van der Waals surface area contributed by atoms with Crippen LogP contribution in [0, 0.1) is 5.92 Å². The molecule has 3 heteroatoms. The summed E-state index contributed by atoms with van der Waals surface area (Å²) in [6.45, 7) is 4.50. The van der Waals surface area contributed by atoms with Crippen LogP contribution in [0.3, 0.4) is 0 Å². The van der Waals surface area contributed by atoms with Crippen LogP contribution >= 0.6 is 0 Å². The van der Waals surface area contributed by atoms with Crippen molar-refractivity contribution in [1.82, 2.24) is 5.16 Å². The van der Waals surface area contributed by atoms with Crippen molar-refractivity contribution < 1.29 is 4.52 Å². The van der Waals surface area contributed by atoms with E-state index in [0.29, 0.717) is 11.6 Å². The molecule has 0 amide bonds. The Morgan fingerprint density at radius 2 is 2.17 bits per heavy atom. The maximum atomic E-state index is 6.00. The number of hydrogen-bond acceptors (Lipinski definition) is 3.